The molecule has 0 spiro atoms. The number of rotatable bonds is 3. The predicted octanol–water partition coefficient (Wildman–Crippen LogP) is 1.09. The molecule has 9 heteroatoms. The fourth-order valence-electron chi connectivity index (χ4n) is 3.40. The van der Waals surface area contributed by atoms with Crippen LogP contribution >= 0.6 is 0 Å². The summed E-state index contributed by atoms with van der Waals surface area (Å²) in [6.45, 7) is 6.08. The number of nitrogens with one attached hydrogen (secondary N) is 1. The third-order valence-corrected chi connectivity index (χ3v) is 4.90. The van der Waals surface area contributed by atoms with Gasteiger partial charge in [-0.2, -0.15) is 4.98 Å². The Balaban J connectivity index is 1.57. The summed E-state index contributed by atoms with van der Waals surface area (Å²) in [5.74, 6) is 1.66. The van der Waals surface area contributed by atoms with E-state index in [1.54, 1.807) is 6.33 Å². The standard InChI is InChI=1S/C18H21N7O2/c1-5-26-6-2-24(1)16-10-14(13-9-15-17(19-11-13)21-12-20-15)22-18(23-16)25-3-7-27-8-4-25/h9-12H,1-8H2,(H,19,20,21). The number of aromatic amines is 1. The molecular formula is C18H21N7O2. The molecule has 0 bridgehead atoms. The van der Waals surface area contributed by atoms with Crippen LogP contribution in [0.2, 0.25) is 0 Å². The average Bonchev–Trinajstić information content (AvgIpc) is 3.22. The molecule has 0 radical (unpaired) electrons. The second kappa shape index (κ2) is 7.09. The minimum Gasteiger partial charge on any atom is -0.378 e. The highest BCUT2D eigenvalue weighted by Gasteiger charge is 2.20. The number of hydrogen-bond acceptors (Lipinski definition) is 8. The van der Waals surface area contributed by atoms with Gasteiger partial charge in [0.15, 0.2) is 5.65 Å². The van der Waals surface area contributed by atoms with Crippen LogP contribution < -0.4 is 9.80 Å². The van der Waals surface area contributed by atoms with Crippen LogP contribution in [-0.4, -0.2) is 77.5 Å². The van der Waals surface area contributed by atoms with Gasteiger partial charge >= 0.3 is 0 Å². The third-order valence-electron chi connectivity index (χ3n) is 4.90. The first-order valence-electron chi connectivity index (χ1n) is 9.21. The zero-order valence-corrected chi connectivity index (χ0v) is 15.0. The van der Waals surface area contributed by atoms with Crippen molar-refractivity contribution in [3.05, 3.63) is 24.7 Å². The summed E-state index contributed by atoms with van der Waals surface area (Å²) >= 11 is 0. The Hall–Kier alpha value is -2.78. The number of nitrogens with zero attached hydrogens (tertiary/aromatic N) is 6. The molecule has 1 N–H and O–H groups in total. The lowest BCUT2D eigenvalue weighted by Gasteiger charge is -2.31. The monoisotopic (exact) mass is 367 g/mol. The number of pyridine rings is 1. The molecule has 2 aliphatic rings. The van der Waals surface area contributed by atoms with Crippen LogP contribution in [0.4, 0.5) is 11.8 Å². The van der Waals surface area contributed by atoms with Crippen LogP contribution in [0.25, 0.3) is 22.4 Å². The summed E-state index contributed by atoms with van der Waals surface area (Å²) in [5, 5.41) is 0. The molecule has 0 amide bonds. The van der Waals surface area contributed by atoms with Crippen LogP contribution in [0.3, 0.4) is 0 Å². The van der Waals surface area contributed by atoms with Crippen molar-refractivity contribution in [1.82, 2.24) is 24.9 Å². The Morgan fingerprint density at radius 1 is 0.852 bits per heavy atom. The van der Waals surface area contributed by atoms with Crippen LogP contribution in [0.1, 0.15) is 0 Å². The maximum Gasteiger partial charge on any atom is 0.228 e. The minimum atomic E-state index is 0.697. The number of imidazole rings is 1. The summed E-state index contributed by atoms with van der Waals surface area (Å²) in [7, 11) is 0. The van der Waals surface area contributed by atoms with E-state index >= 15 is 0 Å². The summed E-state index contributed by atoms with van der Waals surface area (Å²) in [6, 6.07) is 4.07. The van der Waals surface area contributed by atoms with Crippen molar-refractivity contribution in [3.63, 3.8) is 0 Å². The van der Waals surface area contributed by atoms with Crippen molar-refractivity contribution < 1.29 is 9.47 Å². The molecule has 0 unspecified atom stereocenters. The van der Waals surface area contributed by atoms with E-state index in [4.69, 9.17) is 19.4 Å². The van der Waals surface area contributed by atoms with Crippen molar-refractivity contribution in [1.29, 1.82) is 0 Å². The highest BCUT2D eigenvalue weighted by Crippen LogP contribution is 2.26. The maximum atomic E-state index is 5.49. The summed E-state index contributed by atoms with van der Waals surface area (Å²) in [5.41, 5.74) is 3.40. The molecule has 3 aromatic rings. The molecule has 0 saturated carbocycles. The van der Waals surface area contributed by atoms with Gasteiger partial charge in [-0.15, -0.1) is 0 Å². The van der Waals surface area contributed by atoms with Gasteiger partial charge in [-0.3, -0.25) is 0 Å². The first-order valence-corrected chi connectivity index (χ1v) is 9.21. The predicted molar refractivity (Wildman–Crippen MR) is 101 cm³/mol. The number of morpholine rings is 2. The third kappa shape index (κ3) is 3.31. The Morgan fingerprint density at radius 3 is 2.37 bits per heavy atom. The van der Waals surface area contributed by atoms with Gasteiger partial charge in [0, 0.05) is 44.0 Å². The maximum absolute atomic E-state index is 5.49. The normalized spacial score (nSPS) is 18.2. The second-order valence-electron chi connectivity index (χ2n) is 6.61. The Morgan fingerprint density at radius 2 is 1.59 bits per heavy atom. The Kier molecular flexibility index (Phi) is 4.30. The van der Waals surface area contributed by atoms with E-state index in [1.165, 1.54) is 0 Å². The van der Waals surface area contributed by atoms with Gasteiger partial charge in [-0.05, 0) is 6.07 Å². The van der Waals surface area contributed by atoms with Crippen LogP contribution in [0.5, 0.6) is 0 Å². The van der Waals surface area contributed by atoms with E-state index in [0.717, 1.165) is 54.7 Å². The molecule has 0 aromatic carbocycles. The van der Waals surface area contributed by atoms with E-state index < -0.39 is 0 Å². The van der Waals surface area contributed by atoms with E-state index in [2.05, 4.69) is 24.8 Å². The van der Waals surface area contributed by atoms with Crippen molar-refractivity contribution in [2.45, 2.75) is 0 Å². The largest absolute Gasteiger partial charge is 0.378 e. The lowest BCUT2D eigenvalue weighted by molar-refractivity contribution is 0.121. The van der Waals surface area contributed by atoms with E-state index in [9.17, 15) is 0 Å². The van der Waals surface area contributed by atoms with Gasteiger partial charge in [0.25, 0.3) is 0 Å². The van der Waals surface area contributed by atoms with E-state index in [1.807, 2.05) is 18.3 Å². The molecule has 2 aliphatic heterocycles. The average molecular weight is 367 g/mol. The molecule has 140 valence electrons. The molecule has 2 saturated heterocycles. The first-order chi connectivity index (χ1) is 13.4. The topological polar surface area (TPSA) is 92.3 Å². The van der Waals surface area contributed by atoms with Gasteiger partial charge in [0.1, 0.15) is 5.82 Å². The number of hydrogen-bond donors (Lipinski definition) is 1. The number of aromatic nitrogens is 5. The number of anilines is 2. The van der Waals surface area contributed by atoms with Crippen LogP contribution in [0.15, 0.2) is 24.7 Å². The number of H-pyrrole nitrogens is 1. The van der Waals surface area contributed by atoms with Crippen molar-refractivity contribution in [3.8, 4) is 11.3 Å². The molecule has 0 atom stereocenters. The number of fused-ring (bicyclic) bond motifs is 1. The van der Waals surface area contributed by atoms with Crippen LogP contribution in [0, 0.1) is 0 Å². The van der Waals surface area contributed by atoms with E-state index in [-0.39, 0.29) is 0 Å². The van der Waals surface area contributed by atoms with Crippen molar-refractivity contribution >= 4 is 22.9 Å². The Labute approximate surface area is 156 Å². The van der Waals surface area contributed by atoms with Crippen molar-refractivity contribution in [2.24, 2.45) is 0 Å². The molecule has 27 heavy (non-hydrogen) atoms. The fraction of sp³-hybridized carbons (Fsp3) is 0.444. The molecule has 5 heterocycles. The van der Waals surface area contributed by atoms with Gasteiger partial charge < -0.3 is 24.3 Å². The molecular weight excluding hydrogens is 346 g/mol. The van der Waals surface area contributed by atoms with Gasteiger partial charge in [-0.25, -0.2) is 15.0 Å². The van der Waals surface area contributed by atoms with Gasteiger partial charge in [0.2, 0.25) is 5.95 Å². The van der Waals surface area contributed by atoms with Gasteiger partial charge in [0.05, 0.1) is 44.0 Å². The SMILES string of the molecule is c1nc2ncc(-c3cc(N4CCOCC4)nc(N4CCOCC4)n3)cc2[nH]1. The molecule has 9 nitrogen and oxygen atoms in total. The minimum absolute atomic E-state index is 0.697. The smallest absolute Gasteiger partial charge is 0.228 e. The van der Waals surface area contributed by atoms with E-state index in [0.29, 0.717) is 32.1 Å². The highest BCUT2D eigenvalue weighted by atomic mass is 16.5. The quantitative estimate of drug-likeness (QED) is 0.735. The molecule has 3 aromatic heterocycles. The number of ether oxygens (including phenoxy) is 2. The molecule has 2 fully saturated rings. The zero-order chi connectivity index (χ0) is 18.1. The molecule has 0 aliphatic carbocycles. The summed E-state index contributed by atoms with van der Waals surface area (Å²) in [4.78, 5) is 25.9. The second-order valence-corrected chi connectivity index (χ2v) is 6.61. The molecule has 5 rings (SSSR count). The Bertz CT molecular complexity index is 896. The van der Waals surface area contributed by atoms with Crippen LogP contribution in [-0.2, 0) is 9.47 Å². The van der Waals surface area contributed by atoms with Crippen molar-refractivity contribution in [2.75, 3.05) is 62.4 Å². The lowest BCUT2D eigenvalue weighted by atomic mass is 10.2. The summed E-state index contributed by atoms with van der Waals surface area (Å²) < 4.78 is 11.0. The summed E-state index contributed by atoms with van der Waals surface area (Å²) in [6.07, 6.45) is 3.47. The van der Waals surface area contributed by atoms with Gasteiger partial charge in [-0.1, -0.05) is 0 Å². The lowest BCUT2D eigenvalue weighted by Crippen LogP contribution is -2.39. The highest BCUT2D eigenvalue weighted by molar-refractivity contribution is 5.77. The first kappa shape index (κ1) is 16.4. The zero-order valence-electron chi connectivity index (χ0n) is 15.0. The fourth-order valence-corrected chi connectivity index (χ4v) is 3.40.